The molecule has 0 bridgehead atoms. The standard InChI is InChI=1S/C14H16BrN3O6/c15-13-11(7-10(17(20)21)8-12(13)18(22)23)14(19)16-4-1-9-2-5-24-6-3-9/h7-9H,1-6H2,(H,16,19). The van der Waals surface area contributed by atoms with E-state index in [0.29, 0.717) is 25.7 Å². The van der Waals surface area contributed by atoms with E-state index in [1.807, 2.05) is 0 Å². The maximum absolute atomic E-state index is 12.2. The summed E-state index contributed by atoms with van der Waals surface area (Å²) in [6.45, 7) is 1.81. The molecule has 0 radical (unpaired) electrons. The Morgan fingerprint density at radius 2 is 1.92 bits per heavy atom. The van der Waals surface area contributed by atoms with Crippen molar-refractivity contribution in [2.45, 2.75) is 19.3 Å². The second-order valence-electron chi connectivity index (χ2n) is 5.44. The van der Waals surface area contributed by atoms with Crippen LogP contribution in [0.2, 0.25) is 0 Å². The molecule has 0 saturated carbocycles. The summed E-state index contributed by atoms with van der Waals surface area (Å²) in [7, 11) is 0. The molecule has 130 valence electrons. The van der Waals surface area contributed by atoms with Gasteiger partial charge in [-0.05, 0) is 41.1 Å². The molecule has 1 amide bonds. The molecule has 1 heterocycles. The number of hydrogen-bond donors (Lipinski definition) is 1. The summed E-state index contributed by atoms with van der Waals surface area (Å²) in [6, 6.07) is 1.85. The van der Waals surface area contributed by atoms with Crippen molar-refractivity contribution in [2.75, 3.05) is 19.8 Å². The number of nitro groups is 2. The molecule has 0 aliphatic carbocycles. The van der Waals surface area contributed by atoms with Crippen LogP contribution in [0.15, 0.2) is 16.6 Å². The highest BCUT2D eigenvalue weighted by Gasteiger charge is 2.26. The van der Waals surface area contributed by atoms with E-state index < -0.39 is 27.1 Å². The van der Waals surface area contributed by atoms with Gasteiger partial charge in [0.05, 0.1) is 21.5 Å². The van der Waals surface area contributed by atoms with E-state index in [9.17, 15) is 25.0 Å². The number of carbonyl (C=O) groups is 1. The van der Waals surface area contributed by atoms with Crippen molar-refractivity contribution in [3.63, 3.8) is 0 Å². The lowest BCUT2D eigenvalue weighted by molar-refractivity contribution is -0.394. The second-order valence-corrected chi connectivity index (χ2v) is 6.23. The minimum Gasteiger partial charge on any atom is -0.381 e. The lowest BCUT2D eigenvalue weighted by atomic mass is 9.96. The Hall–Kier alpha value is -2.07. The van der Waals surface area contributed by atoms with Crippen LogP contribution in [0.5, 0.6) is 0 Å². The molecule has 1 fully saturated rings. The number of non-ortho nitro benzene ring substituents is 1. The Balaban J connectivity index is 2.09. The number of nitro benzene ring substituents is 2. The summed E-state index contributed by atoms with van der Waals surface area (Å²) >= 11 is 2.99. The molecule has 1 aliphatic heterocycles. The van der Waals surface area contributed by atoms with Gasteiger partial charge in [0.25, 0.3) is 17.3 Å². The average Bonchev–Trinajstić information content (AvgIpc) is 2.55. The zero-order valence-electron chi connectivity index (χ0n) is 12.7. The fourth-order valence-corrected chi connectivity index (χ4v) is 3.07. The minimum absolute atomic E-state index is 0.0679. The Bertz CT molecular complexity index is 660. The normalized spacial score (nSPS) is 15.0. The Morgan fingerprint density at radius 1 is 1.25 bits per heavy atom. The largest absolute Gasteiger partial charge is 0.381 e. The van der Waals surface area contributed by atoms with Gasteiger partial charge in [0.15, 0.2) is 0 Å². The Morgan fingerprint density at radius 3 is 2.50 bits per heavy atom. The van der Waals surface area contributed by atoms with Crippen LogP contribution in [0.4, 0.5) is 11.4 Å². The zero-order valence-corrected chi connectivity index (χ0v) is 14.3. The number of hydrogen-bond acceptors (Lipinski definition) is 6. The maximum Gasteiger partial charge on any atom is 0.291 e. The predicted octanol–water partition coefficient (Wildman–Crippen LogP) is 2.81. The molecule has 1 N–H and O–H groups in total. The van der Waals surface area contributed by atoms with Crippen molar-refractivity contribution in [3.05, 3.63) is 42.4 Å². The molecular weight excluding hydrogens is 386 g/mol. The fourth-order valence-electron chi connectivity index (χ4n) is 2.52. The van der Waals surface area contributed by atoms with Crippen molar-refractivity contribution in [1.29, 1.82) is 0 Å². The highest BCUT2D eigenvalue weighted by molar-refractivity contribution is 9.10. The Labute approximate surface area is 145 Å². The first-order valence-corrected chi connectivity index (χ1v) is 8.17. The van der Waals surface area contributed by atoms with E-state index in [4.69, 9.17) is 4.74 Å². The number of rotatable bonds is 6. The SMILES string of the molecule is O=C(NCCC1CCOCC1)c1cc([N+](=O)[O-])cc([N+](=O)[O-])c1Br. The Kier molecular flexibility index (Phi) is 6.21. The fraction of sp³-hybridized carbons (Fsp3) is 0.500. The van der Waals surface area contributed by atoms with Crippen molar-refractivity contribution in [1.82, 2.24) is 5.32 Å². The van der Waals surface area contributed by atoms with Gasteiger partial charge in [-0.1, -0.05) is 0 Å². The number of carbonyl (C=O) groups excluding carboxylic acids is 1. The summed E-state index contributed by atoms with van der Waals surface area (Å²) in [5.74, 6) is -0.123. The first kappa shape index (κ1) is 18.3. The molecule has 1 aliphatic rings. The topological polar surface area (TPSA) is 125 Å². The summed E-state index contributed by atoms with van der Waals surface area (Å²) < 4.78 is 5.19. The number of benzene rings is 1. The van der Waals surface area contributed by atoms with Gasteiger partial charge in [0, 0.05) is 25.8 Å². The first-order valence-electron chi connectivity index (χ1n) is 7.38. The quantitative estimate of drug-likeness (QED) is 0.576. The summed E-state index contributed by atoms with van der Waals surface area (Å²) in [4.78, 5) is 32.6. The first-order chi connectivity index (χ1) is 11.4. The third-order valence-electron chi connectivity index (χ3n) is 3.87. The molecule has 1 saturated heterocycles. The van der Waals surface area contributed by atoms with Crippen LogP contribution >= 0.6 is 15.9 Å². The van der Waals surface area contributed by atoms with E-state index in [1.54, 1.807) is 0 Å². The van der Waals surface area contributed by atoms with Gasteiger partial charge in [-0.15, -0.1) is 0 Å². The molecule has 0 spiro atoms. The second kappa shape index (κ2) is 8.15. The molecule has 0 unspecified atom stereocenters. The lowest BCUT2D eigenvalue weighted by Gasteiger charge is -2.21. The summed E-state index contributed by atoms with van der Waals surface area (Å²) in [5, 5.41) is 24.6. The van der Waals surface area contributed by atoms with Crippen LogP contribution in [0.1, 0.15) is 29.6 Å². The summed E-state index contributed by atoms with van der Waals surface area (Å²) in [5.41, 5.74) is -1.14. The van der Waals surface area contributed by atoms with Crippen LogP contribution in [0.25, 0.3) is 0 Å². The van der Waals surface area contributed by atoms with Crippen LogP contribution in [0, 0.1) is 26.1 Å². The van der Waals surface area contributed by atoms with E-state index >= 15 is 0 Å². The van der Waals surface area contributed by atoms with Crippen molar-refractivity contribution in [2.24, 2.45) is 5.92 Å². The van der Waals surface area contributed by atoms with Crippen molar-refractivity contribution in [3.8, 4) is 0 Å². The molecule has 1 aromatic carbocycles. The number of nitrogens with one attached hydrogen (secondary N) is 1. The van der Waals surface area contributed by atoms with E-state index in [-0.39, 0.29) is 10.0 Å². The highest BCUT2D eigenvalue weighted by Crippen LogP contribution is 2.33. The van der Waals surface area contributed by atoms with Crippen LogP contribution in [-0.2, 0) is 4.74 Å². The maximum atomic E-state index is 12.2. The van der Waals surface area contributed by atoms with Crippen molar-refractivity contribution < 1.29 is 19.4 Å². The molecule has 24 heavy (non-hydrogen) atoms. The van der Waals surface area contributed by atoms with Crippen molar-refractivity contribution >= 4 is 33.2 Å². The monoisotopic (exact) mass is 401 g/mol. The van der Waals surface area contributed by atoms with E-state index in [2.05, 4.69) is 21.2 Å². The van der Waals surface area contributed by atoms with E-state index in [0.717, 1.165) is 31.4 Å². The molecule has 0 aromatic heterocycles. The minimum atomic E-state index is -0.768. The third-order valence-corrected chi connectivity index (χ3v) is 4.70. The molecule has 9 nitrogen and oxygen atoms in total. The van der Waals surface area contributed by atoms with Gasteiger partial charge in [-0.2, -0.15) is 0 Å². The van der Waals surface area contributed by atoms with Gasteiger partial charge in [0.1, 0.15) is 4.47 Å². The number of ether oxygens (including phenoxy) is 1. The van der Waals surface area contributed by atoms with Gasteiger partial charge in [-0.3, -0.25) is 25.0 Å². The smallest absolute Gasteiger partial charge is 0.291 e. The van der Waals surface area contributed by atoms with Gasteiger partial charge >= 0.3 is 0 Å². The third kappa shape index (κ3) is 4.48. The predicted molar refractivity (Wildman–Crippen MR) is 87.9 cm³/mol. The van der Waals surface area contributed by atoms with Gasteiger partial charge in [0.2, 0.25) is 0 Å². The van der Waals surface area contributed by atoms with Crippen LogP contribution < -0.4 is 5.32 Å². The summed E-state index contributed by atoms with van der Waals surface area (Å²) in [6.07, 6.45) is 2.63. The molecular formula is C14H16BrN3O6. The van der Waals surface area contributed by atoms with Gasteiger partial charge in [-0.25, -0.2) is 0 Å². The highest BCUT2D eigenvalue weighted by atomic mass is 79.9. The van der Waals surface area contributed by atoms with Crippen LogP contribution in [-0.4, -0.2) is 35.5 Å². The number of amides is 1. The lowest BCUT2D eigenvalue weighted by Crippen LogP contribution is -2.28. The molecule has 0 atom stereocenters. The molecule has 1 aromatic rings. The number of halogens is 1. The van der Waals surface area contributed by atoms with E-state index in [1.165, 1.54) is 0 Å². The average molecular weight is 402 g/mol. The molecule has 2 rings (SSSR count). The zero-order chi connectivity index (χ0) is 17.7. The molecule has 10 heteroatoms. The van der Waals surface area contributed by atoms with Gasteiger partial charge < -0.3 is 10.1 Å². The van der Waals surface area contributed by atoms with Crippen LogP contribution in [0.3, 0.4) is 0 Å². The number of nitrogens with zero attached hydrogens (tertiary/aromatic N) is 2.